The summed E-state index contributed by atoms with van der Waals surface area (Å²) in [5.74, 6) is 1.28. The number of nitrogens with one attached hydrogen (secondary N) is 1. The molecule has 6 nitrogen and oxygen atoms in total. The Morgan fingerprint density at radius 2 is 1.67 bits per heavy atom. The maximum absolute atomic E-state index is 10.0. The van der Waals surface area contributed by atoms with Crippen molar-refractivity contribution in [3.63, 3.8) is 0 Å². The molecule has 1 unspecified atom stereocenters. The Morgan fingerprint density at radius 1 is 0.900 bits per heavy atom. The first-order valence-corrected chi connectivity index (χ1v) is 9.63. The largest absolute Gasteiger partial charge is 0.472 e. The van der Waals surface area contributed by atoms with E-state index in [1.165, 1.54) is 6.33 Å². The van der Waals surface area contributed by atoms with Crippen LogP contribution in [0.5, 0.6) is 0 Å². The molecule has 0 aliphatic heterocycles. The predicted molar refractivity (Wildman–Crippen MR) is 115 cm³/mol. The van der Waals surface area contributed by atoms with E-state index in [1.807, 2.05) is 66.7 Å². The normalized spacial score (nSPS) is 12.2. The first-order valence-electron chi connectivity index (χ1n) is 9.63. The van der Waals surface area contributed by atoms with Gasteiger partial charge in [0.05, 0.1) is 30.6 Å². The van der Waals surface area contributed by atoms with E-state index in [9.17, 15) is 5.11 Å². The number of hydrogen-bond acceptors (Lipinski definition) is 6. The average Bonchev–Trinajstić information content (AvgIpc) is 3.46. The topological polar surface area (TPSA) is 84.3 Å². The molecule has 3 heterocycles. The molecule has 0 saturated carbocycles. The molecule has 0 bridgehead atoms. The van der Waals surface area contributed by atoms with Crippen LogP contribution in [0.15, 0.2) is 94.4 Å². The summed E-state index contributed by atoms with van der Waals surface area (Å²) in [5.41, 5.74) is 4.07. The van der Waals surface area contributed by atoms with Gasteiger partial charge in [-0.25, -0.2) is 9.97 Å². The SMILES string of the molecule is OCC(Nc1ncnc2oc(-c3ccccc3)c(-c3ccoc3)c12)c1ccccc1. The van der Waals surface area contributed by atoms with Gasteiger partial charge in [-0.2, -0.15) is 0 Å². The van der Waals surface area contributed by atoms with Gasteiger partial charge in [0.2, 0.25) is 5.71 Å². The monoisotopic (exact) mass is 397 g/mol. The molecule has 0 aliphatic rings. The van der Waals surface area contributed by atoms with Crippen LogP contribution < -0.4 is 5.32 Å². The molecule has 30 heavy (non-hydrogen) atoms. The summed E-state index contributed by atoms with van der Waals surface area (Å²) in [5, 5.41) is 14.1. The van der Waals surface area contributed by atoms with E-state index in [0.29, 0.717) is 17.3 Å². The van der Waals surface area contributed by atoms with Crippen LogP contribution in [0.25, 0.3) is 33.6 Å². The maximum Gasteiger partial charge on any atom is 0.232 e. The van der Waals surface area contributed by atoms with Gasteiger partial charge in [0.15, 0.2) is 0 Å². The molecule has 2 N–H and O–H groups in total. The van der Waals surface area contributed by atoms with Gasteiger partial charge in [-0.05, 0) is 11.6 Å². The summed E-state index contributed by atoms with van der Waals surface area (Å²) in [6.45, 7) is -0.0834. The van der Waals surface area contributed by atoms with E-state index in [-0.39, 0.29) is 12.6 Å². The lowest BCUT2D eigenvalue weighted by molar-refractivity contribution is 0.276. The minimum Gasteiger partial charge on any atom is -0.472 e. The van der Waals surface area contributed by atoms with Crippen LogP contribution in [0.1, 0.15) is 11.6 Å². The fourth-order valence-electron chi connectivity index (χ4n) is 3.60. The Balaban J connectivity index is 1.70. The number of aromatic nitrogens is 2. The minimum absolute atomic E-state index is 0.0834. The summed E-state index contributed by atoms with van der Waals surface area (Å²) in [4.78, 5) is 8.83. The zero-order valence-electron chi connectivity index (χ0n) is 16.0. The summed E-state index contributed by atoms with van der Waals surface area (Å²) in [6.07, 6.45) is 4.76. The Morgan fingerprint density at radius 3 is 2.37 bits per heavy atom. The van der Waals surface area contributed by atoms with E-state index >= 15 is 0 Å². The van der Waals surface area contributed by atoms with Crippen LogP contribution in [-0.4, -0.2) is 21.7 Å². The van der Waals surface area contributed by atoms with Gasteiger partial charge in [0, 0.05) is 16.7 Å². The van der Waals surface area contributed by atoms with E-state index < -0.39 is 0 Å². The van der Waals surface area contributed by atoms with Crippen molar-refractivity contribution in [1.29, 1.82) is 0 Å². The number of furan rings is 2. The third kappa shape index (κ3) is 3.23. The van der Waals surface area contributed by atoms with E-state index in [2.05, 4.69) is 15.3 Å². The number of fused-ring (bicyclic) bond motifs is 1. The molecule has 0 saturated heterocycles. The third-order valence-electron chi connectivity index (χ3n) is 5.03. The summed E-state index contributed by atoms with van der Waals surface area (Å²) in [6, 6.07) is 21.2. The van der Waals surface area contributed by atoms with Crippen molar-refractivity contribution < 1.29 is 13.9 Å². The smallest absolute Gasteiger partial charge is 0.232 e. The quantitative estimate of drug-likeness (QED) is 0.405. The van der Waals surface area contributed by atoms with Crippen molar-refractivity contribution in [2.75, 3.05) is 11.9 Å². The lowest BCUT2D eigenvalue weighted by Crippen LogP contribution is -2.15. The van der Waals surface area contributed by atoms with Gasteiger partial charge in [-0.1, -0.05) is 60.7 Å². The van der Waals surface area contributed by atoms with Crippen molar-refractivity contribution in [2.24, 2.45) is 0 Å². The highest BCUT2D eigenvalue weighted by molar-refractivity contribution is 6.05. The first-order chi connectivity index (χ1) is 14.8. The van der Waals surface area contributed by atoms with Crippen LogP contribution >= 0.6 is 0 Å². The number of aliphatic hydroxyl groups excluding tert-OH is 1. The molecule has 2 aromatic carbocycles. The summed E-state index contributed by atoms with van der Waals surface area (Å²) >= 11 is 0. The fraction of sp³-hybridized carbons (Fsp3) is 0.0833. The number of anilines is 1. The zero-order valence-corrected chi connectivity index (χ0v) is 16.0. The van der Waals surface area contributed by atoms with Gasteiger partial charge in [0.1, 0.15) is 17.9 Å². The predicted octanol–water partition coefficient (Wildman–Crippen LogP) is 5.30. The number of benzene rings is 2. The molecule has 5 aromatic rings. The van der Waals surface area contributed by atoms with Crippen LogP contribution in [0, 0.1) is 0 Å². The molecule has 6 heteroatoms. The van der Waals surface area contributed by atoms with Crippen LogP contribution in [0.2, 0.25) is 0 Å². The van der Waals surface area contributed by atoms with Crippen LogP contribution in [0.3, 0.4) is 0 Å². The second-order valence-corrected chi connectivity index (χ2v) is 6.88. The molecule has 0 aliphatic carbocycles. The van der Waals surface area contributed by atoms with Gasteiger partial charge in [0.25, 0.3) is 0 Å². The number of hydrogen-bond donors (Lipinski definition) is 2. The molecule has 148 valence electrons. The Kier molecular flexibility index (Phi) is 4.75. The standard InChI is InChI=1S/C24H19N3O3/c28-13-19(16-7-3-1-4-8-16)27-23-21-20(18-11-12-29-14-18)22(17-9-5-2-6-10-17)30-24(21)26-15-25-23/h1-12,14-15,19,28H,13H2,(H,25,26,27). The van der Waals surface area contributed by atoms with E-state index in [1.54, 1.807) is 12.5 Å². The molecule has 1 atom stereocenters. The highest BCUT2D eigenvalue weighted by Crippen LogP contribution is 2.43. The van der Waals surface area contributed by atoms with Crippen molar-refractivity contribution in [2.45, 2.75) is 6.04 Å². The Hall–Kier alpha value is -3.90. The highest BCUT2D eigenvalue weighted by atomic mass is 16.3. The average molecular weight is 397 g/mol. The van der Waals surface area contributed by atoms with E-state index in [4.69, 9.17) is 8.83 Å². The second kappa shape index (κ2) is 7.85. The molecule has 0 amide bonds. The van der Waals surface area contributed by atoms with Crippen molar-refractivity contribution >= 4 is 16.9 Å². The molecule has 5 rings (SSSR count). The number of rotatable bonds is 6. The van der Waals surface area contributed by atoms with Crippen LogP contribution in [-0.2, 0) is 0 Å². The third-order valence-corrected chi connectivity index (χ3v) is 5.03. The van der Waals surface area contributed by atoms with Gasteiger partial charge in [-0.3, -0.25) is 0 Å². The molecular formula is C24H19N3O3. The Labute approximate surface area is 172 Å². The number of aliphatic hydroxyl groups is 1. The highest BCUT2D eigenvalue weighted by Gasteiger charge is 2.24. The van der Waals surface area contributed by atoms with E-state index in [0.717, 1.165) is 27.6 Å². The zero-order chi connectivity index (χ0) is 20.3. The molecule has 0 spiro atoms. The molecule has 0 radical (unpaired) electrons. The lowest BCUT2D eigenvalue weighted by atomic mass is 10.0. The molecule has 0 fully saturated rings. The van der Waals surface area contributed by atoms with Crippen molar-refractivity contribution in [1.82, 2.24) is 9.97 Å². The molecule has 3 aromatic heterocycles. The number of nitrogens with zero attached hydrogens (tertiary/aromatic N) is 2. The van der Waals surface area contributed by atoms with Gasteiger partial charge in [-0.15, -0.1) is 0 Å². The Bertz CT molecular complexity index is 1250. The fourth-order valence-corrected chi connectivity index (χ4v) is 3.60. The lowest BCUT2D eigenvalue weighted by Gasteiger charge is -2.18. The summed E-state index contributed by atoms with van der Waals surface area (Å²) in [7, 11) is 0. The summed E-state index contributed by atoms with van der Waals surface area (Å²) < 4.78 is 11.5. The maximum atomic E-state index is 10.0. The van der Waals surface area contributed by atoms with Crippen LogP contribution in [0.4, 0.5) is 5.82 Å². The minimum atomic E-state index is -0.323. The van der Waals surface area contributed by atoms with Gasteiger partial charge >= 0.3 is 0 Å². The second-order valence-electron chi connectivity index (χ2n) is 6.88. The first kappa shape index (κ1) is 18.1. The van der Waals surface area contributed by atoms with Crippen molar-refractivity contribution in [3.8, 4) is 22.5 Å². The van der Waals surface area contributed by atoms with Crippen molar-refractivity contribution in [3.05, 3.63) is 91.1 Å². The molecular weight excluding hydrogens is 378 g/mol. The van der Waals surface area contributed by atoms with Gasteiger partial charge < -0.3 is 19.3 Å².